The summed E-state index contributed by atoms with van der Waals surface area (Å²) in [5.74, 6) is -1.01. The number of aliphatic hydroxyl groups excluding tert-OH is 1. The van der Waals surface area contributed by atoms with Gasteiger partial charge in [0.2, 0.25) is 5.91 Å². The van der Waals surface area contributed by atoms with Crippen molar-refractivity contribution in [2.45, 2.75) is 75.0 Å². The number of carboxylic acid groups (broad SMARTS) is 1. The molecule has 2 aromatic rings. The summed E-state index contributed by atoms with van der Waals surface area (Å²) < 4.78 is 6.54. The maximum absolute atomic E-state index is 13.3. The predicted octanol–water partition coefficient (Wildman–Crippen LogP) is 4.67. The molecule has 1 saturated carbocycles. The number of ether oxygens (including phenoxy) is 1. The van der Waals surface area contributed by atoms with Gasteiger partial charge in [0.25, 0.3) is 0 Å². The standard InChI is InChI=1S/C34H41ClN2O6/c1-21-5-3-7-29(38)26-11-8-23(26)18-37-19-33(14-4-6-22-15-25(35)10-12-27(22)33)20-43-30-13-9-24(16-28(30)37)34(42,32(40)41)17-31(39)36(21)2/h3,7,9-10,12-13,15-16,21,23,26,29,38,42H,4-6,8,11,14,17-20H2,1-2H3,(H,40,41)/t21-,23-,26+,29-,33-,34+/m0/s1. The number of halogens is 1. The monoisotopic (exact) mass is 608 g/mol. The van der Waals surface area contributed by atoms with Crippen molar-refractivity contribution in [3.05, 3.63) is 70.3 Å². The van der Waals surface area contributed by atoms with Crippen molar-refractivity contribution in [2.75, 3.05) is 31.6 Å². The van der Waals surface area contributed by atoms with Gasteiger partial charge in [0.05, 0.1) is 24.8 Å². The molecular weight excluding hydrogens is 568 g/mol. The summed E-state index contributed by atoms with van der Waals surface area (Å²) in [6.07, 6.45) is 7.84. The van der Waals surface area contributed by atoms with Gasteiger partial charge in [-0.15, -0.1) is 0 Å². The number of carboxylic acids is 1. The number of carbonyl (C=O) groups excluding carboxylic acids is 1. The number of rotatable bonds is 1. The Morgan fingerprint density at radius 2 is 1.98 bits per heavy atom. The van der Waals surface area contributed by atoms with Gasteiger partial charge in [-0.1, -0.05) is 35.9 Å². The molecule has 2 aliphatic heterocycles. The molecule has 8 nitrogen and oxygen atoms in total. The molecule has 1 spiro atoms. The van der Waals surface area contributed by atoms with E-state index in [4.69, 9.17) is 16.3 Å². The van der Waals surface area contributed by atoms with Crippen LogP contribution in [0.25, 0.3) is 0 Å². The van der Waals surface area contributed by atoms with Crippen molar-refractivity contribution in [3.63, 3.8) is 0 Å². The van der Waals surface area contributed by atoms with E-state index < -0.39 is 30.0 Å². The fraction of sp³-hybridized carbons (Fsp3) is 0.529. The Morgan fingerprint density at radius 1 is 1.16 bits per heavy atom. The summed E-state index contributed by atoms with van der Waals surface area (Å²) in [5.41, 5.74) is 0.571. The summed E-state index contributed by atoms with van der Waals surface area (Å²) in [4.78, 5) is 29.6. The molecule has 43 heavy (non-hydrogen) atoms. The van der Waals surface area contributed by atoms with Crippen LogP contribution in [0.5, 0.6) is 5.75 Å². The topological polar surface area (TPSA) is 111 Å². The Kier molecular flexibility index (Phi) is 7.98. The van der Waals surface area contributed by atoms with E-state index in [1.54, 1.807) is 25.2 Å². The Bertz CT molecular complexity index is 1450. The Hall–Kier alpha value is -3.07. The van der Waals surface area contributed by atoms with Gasteiger partial charge < -0.3 is 29.9 Å². The lowest BCUT2D eigenvalue weighted by Gasteiger charge is -2.45. The Labute approximate surface area is 257 Å². The van der Waals surface area contributed by atoms with E-state index in [1.165, 1.54) is 16.0 Å². The zero-order chi connectivity index (χ0) is 30.5. The molecule has 0 unspecified atom stereocenters. The number of anilines is 1. The summed E-state index contributed by atoms with van der Waals surface area (Å²) in [7, 11) is 1.62. The highest BCUT2D eigenvalue weighted by Crippen LogP contribution is 2.47. The van der Waals surface area contributed by atoms with Gasteiger partial charge >= 0.3 is 5.97 Å². The second kappa shape index (κ2) is 11.5. The predicted molar refractivity (Wildman–Crippen MR) is 165 cm³/mol. The van der Waals surface area contributed by atoms with Crippen molar-refractivity contribution < 1.29 is 29.6 Å². The van der Waals surface area contributed by atoms with Crippen LogP contribution in [0.2, 0.25) is 5.02 Å². The summed E-state index contributed by atoms with van der Waals surface area (Å²) >= 11 is 6.39. The summed E-state index contributed by atoms with van der Waals surface area (Å²) in [6.45, 7) is 3.62. The number of carbonyl (C=O) groups is 2. The van der Waals surface area contributed by atoms with Crippen molar-refractivity contribution in [1.29, 1.82) is 0 Å². The number of aryl methyl sites for hydroxylation is 1. The summed E-state index contributed by atoms with van der Waals surface area (Å²) in [6, 6.07) is 10.9. The van der Waals surface area contributed by atoms with Crippen LogP contribution in [-0.2, 0) is 27.0 Å². The van der Waals surface area contributed by atoms with Crippen LogP contribution in [0, 0.1) is 11.8 Å². The van der Waals surface area contributed by atoms with Gasteiger partial charge in [0.1, 0.15) is 5.75 Å². The smallest absolute Gasteiger partial charge is 0.340 e. The molecule has 2 aromatic carbocycles. The van der Waals surface area contributed by atoms with E-state index in [-0.39, 0.29) is 28.9 Å². The average Bonchev–Trinajstić information content (AvgIpc) is 3.11. The van der Waals surface area contributed by atoms with E-state index in [0.717, 1.165) is 32.1 Å². The molecule has 0 aromatic heterocycles. The fourth-order valence-corrected chi connectivity index (χ4v) is 7.73. The first-order valence-electron chi connectivity index (χ1n) is 15.4. The molecule has 1 fully saturated rings. The number of aliphatic carboxylic acids is 1. The molecule has 0 radical (unpaired) electrons. The normalized spacial score (nSPS) is 32.7. The first-order chi connectivity index (χ1) is 20.5. The number of amides is 1. The van der Waals surface area contributed by atoms with Crippen molar-refractivity contribution in [2.24, 2.45) is 11.8 Å². The lowest BCUT2D eigenvalue weighted by atomic mass is 9.68. The van der Waals surface area contributed by atoms with E-state index in [1.807, 2.05) is 25.1 Å². The largest absolute Gasteiger partial charge is 0.490 e. The maximum atomic E-state index is 13.3. The van der Waals surface area contributed by atoms with Crippen LogP contribution in [0.1, 0.15) is 62.1 Å². The number of hydrogen-bond donors (Lipinski definition) is 3. The number of fused-ring (bicyclic) bond motifs is 4. The van der Waals surface area contributed by atoms with Gasteiger partial charge in [-0.3, -0.25) is 4.79 Å². The quantitative estimate of drug-likeness (QED) is 0.404. The van der Waals surface area contributed by atoms with E-state index >= 15 is 0 Å². The summed E-state index contributed by atoms with van der Waals surface area (Å²) in [5, 5.41) is 33.7. The minimum absolute atomic E-state index is 0.0963. The number of benzene rings is 2. The van der Waals surface area contributed by atoms with Crippen molar-refractivity contribution in [1.82, 2.24) is 4.90 Å². The minimum Gasteiger partial charge on any atom is -0.490 e. The zero-order valence-corrected chi connectivity index (χ0v) is 25.6. The molecule has 3 N–H and O–H groups in total. The molecular formula is C34H41ClN2O6. The average molecular weight is 609 g/mol. The van der Waals surface area contributed by atoms with Gasteiger partial charge in [0.15, 0.2) is 5.60 Å². The Morgan fingerprint density at radius 3 is 2.72 bits per heavy atom. The number of hydrogen-bond acceptors (Lipinski definition) is 6. The third-order valence-electron chi connectivity index (χ3n) is 10.5. The zero-order valence-electron chi connectivity index (χ0n) is 24.8. The molecule has 0 saturated heterocycles. The lowest BCUT2D eigenvalue weighted by molar-refractivity contribution is -0.165. The minimum atomic E-state index is -2.41. The van der Waals surface area contributed by atoms with Gasteiger partial charge in [-0.2, -0.15) is 0 Å². The number of nitrogens with zero attached hydrogens (tertiary/aromatic N) is 2. The van der Waals surface area contributed by atoms with Crippen LogP contribution < -0.4 is 9.64 Å². The first kappa shape index (κ1) is 30.0. The molecule has 2 aliphatic carbocycles. The van der Waals surface area contributed by atoms with E-state index in [0.29, 0.717) is 42.6 Å². The van der Waals surface area contributed by atoms with E-state index in [9.17, 15) is 24.9 Å². The Balaban J connectivity index is 1.46. The van der Waals surface area contributed by atoms with Gasteiger partial charge in [0, 0.05) is 36.6 Å². The second-order valence-electron chi connectivity index (χ2n) is 13.1. The lowest BCUT2D eigenvalue weighted by Crippen LogP contribution is -2.49. The molecule has 1 amide bonds. The molecule has 6 atom stereocenters. The molecule has 2 heterocycles. The molecule has 6 rings (SSSR count). The first-order valence-corrected chi connectivity index (χ1v) is 15.8. The maximum Gasteiger partial charge on any atom is 0.340 e. The van der Waals surface area contributed by atoms with Gasteiger partial charge in [-0.25, -0.2) is 4.79 Å². The van der Waals surface area contributed by atoms with Crippen LogP contribution in [0.15, 0.2) is 48.6 Å². The van der Waals surface area contributed by atoms with Crippen molar-refractivity contribution in [3.8, 4) is 5.75 Å². The highest BCUT2D eigenvalue weighted by Gasteiger charge is 2.46. The molecule has 230 valence electrons. The highest BCUT2D eigenvalue weighted by atomic mass is 35.5. The SMILES string of the molecule is C[C@H]1CC=C[C@H](O)[C@@H]2CC[C@H]2CN2C[C@@]3(CCCc4cc(Cl)ccc43)COc3ccc(cc32)[C@@](O)(C(=O)O)CC(=O)N1C. The second-order valence-corrected chi connectivity index (χ2v) is 13.6. The third kappa shape index (κ3) is 5.42. The highest BCUT2D eigenvalue weighted by molar-refractivity contribution is 6.30. The van der Waals surface area contributed by atoms with Gasteiger partial charge in [-0.05, 0) is 98.2 Å². The van der Waals surface area contributed by atoms with Crippen LogP contribution >= 0.6 is 11.6 Å². The molecule has 4 aliphatic rings. The van der Waals surface area contributed by atoms with Crippen LogP contribution in [0.3, 0.4) is 0 Å². The number of aliphatic hydroxyl groups is 2. The van der Waals surface area contributed by atoms with Crippen molar-refractivity contribution >= 4 is 29.2 Å². The molecule has 2 bridgehead atoms. The van der Waals surface area contributed by atoms with Crippen LogP contribution in [0.4, 0.5) is 5.69 Å². The van der Waals surface area contributed by atoms with Crippen LogP contribution in [-0.4, -0.2) is 71.0 Å². The van der Waals surface area contributed by atoms with E-state index in [2.05, 4.69) is 17.0 Å². The molecule has 9 heteroatoms. The third-order valence-corrected chi connectivity index (χ3v) is 10.7. The fourth-order valence-electron chi connectivity index (χ4n) is 7.53.